The van der Waals surface area contributed by atoms with Crippen molar-refractivity contribution in [2.45, 2.75) is 51.6 Å². The van der Waals surface area contributed by atoms with Crippen LogP contribution < -0.4 is 5.32 Å². The van der Waals surface area contributed by atoms with Gasteiger partial charge in [-0.2, -0.15) is 0 Å². The first-order chi connectivity index (χ1) is 8.69. The van der Waals surface area contributed by atoms with Gasteiger partial charge in [0.25, 0.3) is 0 Å². The van der Waals surface area contributed by atoms with Crippen LogP contribution >= 0.6 is 11.3 Å². The molecular weight excluding hydrogens is 240 g/mol. The molecule has 0 amide bonds. The van der Waals surface area contributed by atoms with Gasteiger partial charge in [-0.25, -0.2) is 0 Å². The molecule has 1 N–H and O–H groups in total. The van der Waals surface area contributed by atoms with Crippen LogP contribution in [0.15, 0.2) is 17.5 Å². The molecule has 0 fully saturated rings. The highest BCUT2D eigenvalue weighted by Crippen LogP contribution is 2.22. The Labute approximate surface area is 116 Å². The average Bonchev–Trinajstić information content (AvgIpc) is 2.83. The van der Waals surface area contributed by atoms with Crippen LogP contribution in [0.1, 0.15) is 50.4 Å². The summed E-state index contributed by atoms with van der Waals surface area (Å²) in [5.74, 6) is 0. The van der Waals surface area contributed by atoms with Crippen LogP contribution in [0.4, 0.5) is 0 Å². The molecule has 1 heterocycles. The summed E-state index contributed by atoms with van der Waals surface area (Å²) in [6, 6.07) is 5.57. The van der Waals surface area contributed by atoms with E-state index in [1.165, 1.54) is 30.6 Å². The molecule has 0 aliphatic rings. The van der Waals surface area contributed by atoms with E-state index >= 15 is 0 Å². The van der Waals surface area contributed by atoms with Crippen LogP contribution in [-0.2, 0) is 0 Å². The summed E-state index contributed by atoms with van der Waals surface area (Å²) in [7, 11) is 4.33. The topological polar surface area (TPSA) is 15.3 Å². The molecule has 18 heavy (non-hydrogen) atoms. The van der Waals surface area contributed by atoms with Crippen molar-refractivity contribution in [1.82, 2.24) is 10.2 Å². The van der Waals surface area contributed by atoms with Crippen molar-refractivity contribution in [3.05, 3.63) is 22.4 Å². The van der Waals surface area contributed by atoms with Crippen LogP contribution in [0.5, 0.6) is 0 Å². The summed E-state index contributed by atoms with van der Waals surface area (Å²) in [6.07, 6.45) is 5.11. The smallest absolute Gasteiger partial charge is 0.0561 e. The maximum atomic E-state index is 3.76. The first-order valence-electron chi connectivity index (χ1n) is 7.12. The fraction of sp³-hybridized carbons (Fsp3) is 0.733. The number of rotatable bonds is 9. The van der Waals surface area contributed by atoms with Crippen LogP contribution in [0, 0.1) is 0 Å². The van der Waals surface area contributed by atoms with Crippen molar-refractivity contribution in [2.75, 3.05) is 20.6 Å². The predicted molar refractivity (Wildman–Crippen MR) is 82.4 cm³/mol. The summed E-state index contributed by atoms with van der Waals surface area (Å²) in [5.41, 5.74) is 0. The third-order valence-electron chi connectivity index (χ3n) is 3.37. The molecule has 0 aliphatic carbocycles. The summed E-state index contributed by atoms with van der Waals surface area (Å²) in [5, 5.41) is 5.92. The monoisotopic (exact) mass is 268 g/mol. The minimum absolute atomic E-state index is 0.501. The molecule has 1 atom stereocenters. The van der Waals surface area contributed by atoms with Crippen molar-refractivity contribution >= 4 is 11.3 Å². The van der Waals surface area contributed by atoms with E-state index in [1.807, 2.05) is 11.3 Å². The zero-order chi connectivity index (χ0) is 13.4. The van der Waals surface area contributed by atoms with Gasteiger partial charge in [0, 0.05) is 17.5 Å². The number of likely N-dealkylation sites (N-methyl/N-ethyl adjacent to an activating group) is 1. The highest BCUT2D eigenvalue weighted by Gasteiger charge is 2.16. The Hall–Kier alpha value is -0.380. The Morgan fingerprint density at radius 2 is 1.89 bits per heavy atom. The number of hydrogen-bond acceptors (Lipinski definition) is 3. The van der Waals surface area contributed by atoms with Crippen LogP contribution in [0.2, 0.25) is 0 Å². The summed E-state index contributed by atoms with van der Waals surface area (Å²) < 4.78 is 0. The van der Waals surface area contributed by atoms with Gasteiger partial charge in [-0.15, -0.1) is 11.3 Å². The molecule has 0 aliphatic heterocycles. The average molecular weight is 268 g/mol. The third-order valence-corrected chi connectivity index (χ3v) is 4.34. The van der Waals surface area contributed by atoms with Crippen LogP contribution in [0.25, 0.3) is 0 Å². The van der Waals surface area contributed by atoms with E-state index in [0.717, 1.165) is 6.54 Å². The molecule has 104 valence electrons. The molecule has 0 aromatic carbocycles. The van der Waals surface area contributed by atoms with Gasteiger partial charge < -0.3 is 10.2 Å². The molecule has 1 aromatic heterocycles. The summed E-state index contributed by atoms with van der Waals surface area (Å²) in [4.78, 5) is 3.77. The van der Waals surface area contributed by atoms with E-state index in [1.54, 1.807) is 0 Å². The molecular formula is C15H28N2S. The fourth-order valence-electron chi connectivity index (χ4n) is 2.34. The first kappa shape index (κ1) is 15.7. The van der Waals surface area contributed by atoms with Crippen LogP contribution in [0.3, 0.4) is 0 Å². The maximum Gasteiger partial charge on any atom is 0.0561 e. The quantitative estimate of drug-likeness (QED) is 0.730. The lowest BCUT2D eigenvalue weighted by atomic mass is 10.1. The molecule has 1 aromatic rings. The molecule has 2 nitrogen and oxygen atoms in total. The van der Waals surface area contributed by atoms with E-state index in [0.29, 0.717) is 12.1 Å². The number of thiophene rings is 1. The van der Waals surface area contributed by atoms with Gasteiger partial charge in [0.1, 0.15) is 0 Å². The second kappa shape index (κ2) is 8.68. The molecule has 0 spiro atoms. The fourth-order valence-corrected chi connectivity index (χ4v) is 3.26. The maximum absolute atomic E-state index is 3.76. The second-order valence-corrected chi connectivity index (χ2v) is 6.16. The van der Waals surface area contributed by atoms with Gasteiger partial charge >= 0.3 is 0 Å². The Kier molecular flexibility index (Phi) is 7.56. The molecule has 0 saturated heterocycles. The van der Waals surface area contributed by atoms with Crippen molar-refractivity contribution in [3.63, 3.8) is 0 Å². The van der Waals surface area contributed by atoms with E-state index < -0.39 is 0 Å². The third kappa shape index (κ3) is 5.09. The van der Waals surface area contributed by atoms with E-state index in [9.17, 15) is 0 Å². The molecule has 1 unspecified atom stereocenters. The molecule has 0 saturated carbocycles. The molecule has 3 heteroatoms. The first-order valence-corrected chi connectivity index (χ1v) is 8.00. The van der Waals surface area contributed by atoms with Crippen molar-refractivity contribution in [3.8, 4) is 0 Å². The van der Waals surface area contributed by atoms with Crippen molar-refractivity contribution in [1.29, 1.82) is 0 Å². The van der Waals surface area contributed by atoms with Gasteiger partial charge in [-0.05, 0) is 38.4 Å². The van der Waals surface area contributed by atoms with Gasteiger partial charge in [-0.3, -0.25) is 0 Å². The lowest BCUT2D eigenvalue weighted by molar-refractivity contribution is 0.277. The van der Waals surface area contributed by atoms with Gasteiger partial charge in [0.15, 0.2) is 0 Å². The molecule has 1 rings (SSSR count). The minimum Gasteiger partial charge on any atom is -0.312 e. The Balaban J connectivity index is 2.51. The van der Waals surface area contributed by atoms with Gasteiger partial charge in [-0.1, -0.05) is 32.8 Å². The lowest BCUT2D eigenvalue weighted by Crippen LogP contribution is -2.36. The Morgan fingerprint density at radius 1 is 1.22 bits per heavy atom. The lowest BCUT2D eigenvalue weighted by Gasteiger charge is -2.26. The normalized spacial score (nSPS) is 13.4. The Morgan fingerprint density at radius 3 is 2.33 bits per heavy atom. The molecule has 0 radical (unpaired) electrons. The zero-order valence-corrected chi connectivity index (χ0v) is 13.1. The number of nitrogens with zero attached hydrogens (tertiary/aromatic N) is 1. The van der Waals surface area contributed by atoms with E-state index in [-0.39, 0.29) is 0 Å². The number of nitrogens with one attached hydrogen (secondary N) is 1. The van der Waals surface area contributed by atoms with E-state index in [2.05, 4.69) is 55.7 Å². The SMILES string of the molecule is CCCC(CCC)NCC(c1cccs1)N(C)C. The number of hydrogen-bond donors (Lipinski definition) is 1. The zero-order valence-electron chi connectivity index (χ0n) is 12.3. The Bertz CT molecular complexity index is 289. The minimum atomic E-state index is 0.501. The van der Waals surface area contributed by atoms with Gasteiger partial charge in [0.2, 0.25) is 0 Å². The van der Waals surface area contributed by atoms with Gasteiger partial charge in [0.05, 0.1) is 6.04 Å². The van der Waals surface area contributed by atoms with Crippen molar-refractivity contribution in [2.24, 2.45) is 0 Å². The summed E-state index contributed by atoms with van der Waals surface area (Å²) >= 11 is 1.86. The second-order valence-electron chi connectivity index (χ2n) is 5.18. The van der Waals surface area contributed by atoms with Crippen molar-refractivity contribution < 1.29 is 0 Å². The molecule has 0 bridgehead atoms. The van der Waals surface area contributed by atoms with Crippen LogP contribution in [-0.4, -0.2) is 31.6 Å². The largest absolute Gasteiger partial charge is 0.312 e. The summed E-state index contributed by atoms with van der Waals surface area (Å²) in [6.45, 7) is 5.60. The standard InChI is InChI=1S/C15H28N2S/c1-5-8-13(9-6-2)16-12-14(17(3)4)15-10-7-11-18-15/h7,10-11,13-14,16H,5-6,8-9,12H2,1-4H3. The van der Waals surface area contributed by atoms with E-state index in [4.69, 9.17) is 0 Å². The highest BCUT2D eigenvalue weighted by molar-refractivity contribution is 7.10. The highest BCUT2D eigenvalue weighted by atomic mass is 32.1. The predicted octanol–water partition coefficient (Wildman–Crippen LogP) is 3.91.